The number of morpholine rings is 1. The number of hydrogen-bond acceptors (Lipinski definition) is 4. The van der Waals surface area contributed by atoms with Gasteiger partial charge in [-0.2, -0.15) is 0 Å². The molecule has 1 fully saturated rings. The van der Waals surface area contributed by atoms with E-state index in [0.717, 1.165) is 0 Å². The van der Waals surface area contributed by atoms with E-state index in [-0.39, 0.29) is 0 Å². The van der Waals surface area contributed by atoms with Gasteiger partial charge in [0, 0.05) is 18.7 Å². The fourth-order valence-electron chi connectivity index (χ4n) is 2.61. The molecule has 1 amide bonds. The molecule has 0 radical (unpaired) electrons. The van der Waals surface area contributed by atoms with Crippen LogP contribution in [0.4, 0.5) is 0 Å². The van der Waals surface area contributed by atoms with Crippen molar-refractivity contribution in [3.8, 4) is 0 Å². The lowest BCUT2D eigenvalue weighted by Crippen LogP contribution is -2.59. The van der Waals surface area contributed by atoms with Crippen LogP contribution in [-0.4, -0.2) is 56.5 Å². The Morgan fingerprint density at radius 3 is 2.22 bits per heavy atom. The molecule has 23 heavy (non-hydrogen) atoms. The highest BCUT2D eigenvalue weighted by Gasteiger charge is 2.53. The standard InChI is InChI=1S/C16H23NO5Si/c1-23(2,3)22-16(15(19)20,13-7-5-4-6-8-13)14(18)17-9-11-21-12-10-17/h4-8H,9-12H2,1-3H3,(H,19,20). The minimum atomic E-state index is -2.32. The fourth-order valence-corrected chi connectivity index (χ4v) is 3.82. The van der Waals surface area contributed by atoms with Crippen molar-refractivity contribution in [1.82, 2.24) is 4.90 Å². The van der Waals surface area contributed by atoms with Gasteiger partial charge in [0.1, 0.15) is 0 Å². The molecule has 1 aromatic rings. The second-order valence-electron chi connectivity index (χ2n) is 6.47. The minimum absolute atomic E-state index is 0.353. The zero-order valence-electron chi connectivity index (χ0n) is 13.7. The Labute approximate surface area is 137 Å². The van der Waals surface area contributed by atoms with E-state index >= 15 is 0 Å². The quantitative estimate of drug-likeness (QED) is 0.653. The third kappa shape index (κ3) is 3.80. The average molecular weight is 337 g/mol. The van der Waals surface area contributed by atoms with Gasteiger partial charge in [-0.15, -0.1) is 0 Å². The first-order valence-electron chi connectivity index (χ1n) is 7.63. The number of rotatable bonds is 5. The van der Waals surface area contributed by atoms with Gasteiger partial charge in [0.25, 0.3) is 11.5 Å². The van der Waals surface area contributed by atoms with Crippen molar-refractivity contribution in [1.29, 1.82) is 0 Å². The second kappa shape index (κ2) is 6.82. The zero-order chi connectivity index (χ0) is 17.1. The molecule has 1 heterocycles. The number of carbonyl (C=O) groups is 2. The van der Waals surface area contributed by atoms with Crippen molar-refractivity contribution in [3.05, 3.63) is 35.9 Å². The van der Waals surface area contributed by atoms with Crippen LogP contribution in [0.2, 0.25) is 19.6 Å². The van der Waals surface area contributed by atoms with Crippen molar-refractivity contribution in [3.63, 3.8) is 0 Å². The molecule has 7 heteroatoms. The number of benzene rings is 1. The Morgan fingerprint density at radius 2 is 1.74 bits per heavy atom. The van der Waals surface area contributed by atoms with E-state index in [2.05, 4.69) is 0 Å². The second-order valence-corrected chi connectivity index (χ2v) is 10.9. The highest BCUT2D eigenvalue weighted by atomic mass is 28.4. The first-order chi connectivity index (χ1) is 10.8. The van der Waals surface area contributed by atoms with E-state index in [1.807, 2.05) is 19.6 Å². The van der Waals surface area contributed by atoms with E-state index in [1.165, 1.54) is 4.90 Å². The number of carbonyl (C=O) groups excluding carboxylic acids is 1. The van der Waals surface area contributed by atoms with Gasteiger partial charge in [0.15, 0.2) is 8.32 Å². The van der Waals surface area contributed by atoms with Crippen LogP contribution in [0.5, 0.6) is 0 Å². The van der Waals surface area contributed by atoms with Gasteiger partial charge in [-0.25, -0.2) is 4.79 Å². The van der Waals surface area contributed by atoms with Gasteiger partial charge in [-0.3, -0.25) is 4.79 Å². The number of amides is 1. The van der Waals surface area contributed by atoms with Crippen LogP contribution in [-0.2, 0) is 24.4 Å². The van der Waals surface area contributed by atoms with Crippen molar-refractivity contribution < 1.29 is 23.9 Å². The van der Waals surface area contributed by atoms with Gasteiger partial charge in [0.2, 0.25) is 0 Å². The Hall–Kier alpha value is -1.70. The molecule has 2 rings (SSSR count). The number of hydrogen-bond donors (Lipinski definition) is 1. The van der Waals surface area contributed by atoms with E-state index in [1.54, 1.807) is 30.3 Å². The fraction of sp³-hybridized carbons (Fsp3) is 0.500. The lowest BCUT2D eigenvalue weighted by atomic mass is 9.92. The number of nitrogens with zero attached hydrogens (tertiary/aromatic N) is 1. The summed E-state index contributed by atoms with van der Waals surface area (Å²) < 4.78 is 11.3. The Bertz CT molecular complexity index is 566. The SMILES string of the molecule is C[Si](C)(C)OC(C(=O)O)(C(=O)N1CCOCC1)c1ccccc1. The topological polar surface area (TPSA) is 76.1 Å². The van der Waals surface area contributed by atoms with Crippen LogP contribution >= 0.6 is 0 Å². The minimum Gasteiger partial charge on any atom is -0.478 e. The predicted molar refractivity (Wildman–Crippen MR) is 87.6 cm³/mol. The maximum absolute atomic E-state index is 13.1. The average Bonchev–Trinajstić information content (AvgIpc) is 2.52. The molecule has 0 aliphatic carbocycles. The summed E-state index contributed by atoms with van der Waals surface area (Å²) in [6, 6.07) is 8.48. The molecular formula is C16H23NO5Si. The van der Waals surface area contributed by atoms with Gasteiger partial charge >= 0.3 is 5.97 Å². The van der Waals surface area contributed by atoms with Crippen LogP contribution in [0.25, 0.3) is 0 Å². The Kier molecular flexibility index (Phi) is 5.23. The van der Waals surface area contributed by atoms with E-state index in [0.29, 0.717) is 31.9 Å². The van der Waals surface area contributed by atoms with Gasteiger partial charge < -0.3 is 19.2 Å². The number of carboxylic acid groups (broad SMARTS) is 1. The van der Waals surface area contributed by atoms with Crippen molar-refractivity contribution in [2.75, 3.05) is 26.3 Å². The molecule has 1 unspecified atom stereocenters. The highest BCUT2D eigenvalue weighted by molar-refractivity contribution is 6.70. The van der Waals surface area contributed by atoms with Crippen molar-refractivity contribution in [2.24, 2.45) is 0 Å². The molecule has 1 aromatic carbocycles. The molecule has 1 atom stereocenters. The number of aliphatic carboxylic acids is 1. The van der Waals surface area contributed by atoms with E-state index in [9.17, 15) is 14.7 Å². The summed E-state index contributed by atoms with van der Waals surface area (Å²) >= 11 is 0. The Balaban J connectivity index is 2.52. The third-order valence-electron chi connectivity index (χ3n) is 3.54. The zero-order valence-corrected chi connectivity index (χ0v) is 14.7. The normalized spacial score (nSPS) is 18.3. The summed E-state index contributed by atoms with van der Waals surface area (Å²) in [4.78, 5) is 26.8. The monoisotopic (exact) mass is 337 g/mol. The highest BCUT2D eigenvalue weighted by Crippen LogP contribution is 2.32. The van der Waals surface area contributed by atoms with Crippen molar-refractivity contribution in [2.45, 2.75) is 25.2 Å². The Morgan fingerprint density at radius 1 is 1.17 bits per heavy atom. The largest absolute Gasteiger partial charge is 0.478 e. The summed E-state index contributed by atoms with van der Waals surface area (Å²) in [5, 5.41) is 9.96. The van der Waals surface area contributed by atoms with E-state index in [4.69, 9.17) is 9.16 Å². The van der Waals surface area contributed by atoms with Crippen LogP contribution < -0.4 is 0 Å². The molecule has 0 bridgehead atoms. The summed E-state index contributed by atoms with van der Waals surface area (Å²) in [5.41, 5.74) is -1.64. The number of carboxylic acids is 1. The molecule has 126 valence electrons. The van der Waals surface area contributed by atoms with Crippen LogP contribution in [0.15, 0.2) is 30.3 Å². The summed E-state index contributed by atoms with van der Waals surface area (Å²) in [7, 11) is -2.32. The molecule has 0 saturated carbocycles. The summed E-state index contributed by atoms with van der Waals surface area (Å²) in [6.45, 7) is 7.18. The molecule has 1 aliphatic heterocycles. The van der Waals surface area contributed by atoms with Crippen LogP contribution in [0.3, 0.4) is 0 Å². The third-order valence-corrected chi connectivity index (χ3v) is 4.46. The molecular weight excluding hydrogens is 314 g/mol. The van der Waals surface area contributed by atoms with Gasteiger partial charge in [-0.1, -0.05) is 30.3 Å². The van der Waals surface area contributed by atoms with Gasteiger partial charge in [-0.05, 0) is 19.6 Å². The summed E-state index contributed by atoms with van der Waals surface area (Å²) in [6.07, 6.45) is 0. The van der Waals surface area contributed by atoms with Crippen molar-refractivity contribution >= 4 is 20.2 Å². The lowest BCUT2D eigenvalue weighted by molar-refractivity contribution is -0.172. The molecule has 1 N–H and O–H groups in total. The molecule has 1 aliphatic rings. The van der Waals surface area contributed by atoms with Crippen LogP contribution in [0, 0.1) is 0 Å². The van der Waals surface area contributed by atoms with Crippen LogP contribution in [0.1, 0.15) is 5.56 Å². The smallest absolute Gasteiger partial charge is 0.349 e. The number of ether oxygens (including phenoxy) is 1. The molecule has 0 spiro atoms. The maximum atomic E-state index is 13.1. The molecule has 6 nitrogen and oxygen atoms in total. The maximum Gasteiger partial charge on any atom is 0.349 e. The van der Waals surface area contributed by atoms with E-state index < -0.39 is 25.8 Å². The first-order valence-corrected chi connectivity index (χ1v) is 11.0. The summed E-state index contributed by atoms with van der Waals surface area (Å²) in [5.74, 6) is -1.80. The van der Waals surface area contributed by atoms with Gasteiger partial charge in [0.05, 0.1) is 13.2 Å². The molecule has 0 aromatic heterocycles. The predicted octanol–water partition coefficient (Wildman–Crippen LogP) is 1.68. The lowest BCUT2D eigenvalue weighted by Gasteiger charge is -2.39. The molecule has 1 saturated heterocycles. The first kappa shape index (κ1) is 17.6.